The molecule has 2 aliphatic carbocycles. The van der Waals surface area contributed by atoms with Crippen molar-refractivity contribution in [2.75, 3.05) is 19.7 Å². The van der Waals surface area contributed by atoms with Crippen molar-refractivity contribution < 1.29 is 5.11 Å². The molecule has 0 spiro atoms. The van der Waals surface area contributed by atoms with Gasteiger partial charge in [0.2, 0.25) is 0 Å². The zero-order valence-electron chi connectivity index (χ0n) is 10.8. The summed E-state index contributed by atoms with van der Waals surface area (Å²) < 4.78 is 0. The Kier molecular flexibility index (Phi) is 3.18. The molecular weight excluding hydrogens is 212 g/mol. The SMILES string of the molecule is NC1(CO)CCCC(N2CC3CCCC3C2)C1. The van der Waals surface area contributed by atoms with Crippen molar-refractivity contribution in [1.29, 1.82) is 0 Å². The summed E-state index contributed by atoms with van der Waals surface area (Å²) in [6, 6.07) is 0.645. The standard InChI is InChI=1S/C14H26N2O/c15-14(10-17)6-2-5-13(7-14)16-8-11-3-1-4-12(11)9-16/h11-13,17H,1-10,15H2. The second kappa shape index (κ2) is 4.52. The minimum absolute atomic E-state index is 0.157. The van der Waals surface area contributed by atoms with Crippen LogP contribution in [0.4, 0.5) is 0 Å². The predicted molar refractivity (Wildman–Crippen MR) is 68.7 cm³/mol. The lowest BCUT2D eigenvalue weighted by molar-refractivity contribution is 0.0896. The molecule has 0 bridgehead atoms. The molecule has 1 heterocycles. The lowest BCUT2D eigenvalue weighted by Gasteiger charge is -2.41. The van der Waals surface area contributed by atoms with E-state index in [4.69, 9.17) is 5.73 Å². The van der Waals surface area contributed by atoms with Gasteiger partial charge in [-0.3, -0.25) is 4.90 Å². The molecule has 2 saturated carbocycles. The summed E-state index contributed by atoms with van der Waals surface area (Å²) in [6.07, 6.45) is 8.82. The van der Waals surface area contributed by atoms with Gasteiger partial charge in [0.25, 0.3) is 0 Å². The Bertz CT molecular complexity index is 271. The first-order valence-corrected chi connectivity index (χ1v) is 7.34. The maximum absolute atomic E-state index is 9.43. The summed E-state index contributed by atoms with van der Waals surface area (Å²) >= 11 is 0. The van der Waals surface area contributed by atoms with Crippen LogP contribution in [0.2, 0.25) is 0 Å². The molecule has 3 rings (SSSR count). The average molecular weight is 238 g/mol. The van der Waals surface area contributed by atoms with E-state index in [1.807, 2.05) is 0 Å². The van der Waals surface area contributed by atoms with E-state index in [0.29, 0.717) is 6.04 Å². The highest BCUT2D eigenvalue weighted by Gasteiger charge is 2.41. The van der Waals surface area contributed by atoms with E-state index in [9.17, 15) is 5.11 Å². The summed E-state index contributed by atoms with van der Waals surface area (Å²) in [6.45, 7) is 2.76. The Morgan fingerprint density at radius 2 is 1.82 bits per heavy atom. The Hall–Kier alpha value is -0.120. The van der Waals surface area contributed by atoms with E-state index in [0.717, 1.165) is 24.7 Å². The van der Waals surface area contributed by atoms with E-state index in [-0.39, 0.29) is 12.1 Å². The maximum Gasteiger partial charge on any atom is 0.0611 e. The summed E-state index contributed by atoms with van der Waals surface area (Å²) in [5.41, 5.74) is 5.96. The van der Waals surface area contributed by atoms with Gasteiger partial charge >= 0.3 is 0 Å². The van der Waals surface area contributed by atoms with Crippen LogP contribution in [-0.2, 0) is 0 Å². The molecule has 98 valence electrons. The maximum atomic E-state index is 9.43. The monoisotopic (exact) mass is 238 g/mol. The minimum atomic E-state index is -0.291. The van der Waals surface area contributed by atoms with Crippen molar-refractivity contribution in [2.24, 2.45) is 17.6 Å². The number of nitrogens with zero attached hydrogens (tertiary/aromatic N) is 1. The number of aliphatic hydroxyl groups excluding tert-OH is 1. The van der Waals surface area contributed by atoms with Gasteiger partial charge in [0, 0.05) is 24.7 Å². The van der Waals surface area contributed by atoms with Crippen molar-refractivity contribution in [3.63, 3.8) is 0 Å². The Balaban J connectivity index is 1.61. The zero-order valence-corrected chi connectivity index (χ0v) is 10.8. The highest BCUT2D eigenvalue weighted by Crippen LogP contribution is 2.41. The highest BCUT2D eigenvalue weighted by atomic mass is 16.3. The van der Waals surface area contributed by atoms with Crippen molar-refractivity contribution in [3.8, 4) is 0 Å². The fourth-order valence-corrected chi connectivity index (χ4v) is 4.39. The molecule has 4 atom stereocenters. The molecule has 0 amide bonds. The first kappa shape index (κ1) is 11.9. The van der Waals surface area contributed by atoms with Crippen LogP contribution >= 0.6 is 0 Å². The molecule has 0 aromatic carbocycles. The molecular formula is C14H26N2O. The van der Waals surface area contributed by atoms with Crippen LogP contribution in [0.1, 0.15) is 44.9 Å². The molecule has 3 nitrogen and oxygen atoms in total. The third kappa shape index (κ3) is 2.25. The van der Waals surface area contributed by atoms with Gasteiger partial charge in [-0.05, 0) is 50.4 Å². The lowest BCUT2D eigenvalue weighted by atomic mass is 9.79. The van der Waals surface area contributed by atoms with Gasteiger partial charge in [-0.2, -0.15) is 0 Å². The van der Waals surface area contributed by atoms with Crippen molar-refractivity contribution >= 4 is 0 Å². The van der Waals surface area contributed by atoms with Gasteiger partial charge in [-0.15, -0.1) is 0 Å². The van der Waals surface area contributed by atoms with Crippen LogP contribution in [-0.4, -0.2) is 41.3 Å². The van der Waals surface area contributed by atoms with Crippen LogP contribution < -0.4 is 5.73 Å². The average Bonchev–Trinajstić information content (AvgIpc) is 2.89. The molecule has 0 radical (unpaired) electrons. The molecule has 1 aliphatic heterocycles. The Morgan fingerprint density at radius 1 is 1.12 bits per heavy atom. The highest BCUT2D eigenvalue weighted by molar-refractivity contribution is 4.98. The first-order valence-electron chi connectivity index (χ1n) is 7.34. The number of rotatable bonds is 2. The number of nitrogens with two attached hydrogens (primary N) is 1. The van der Waals surface area contributed by atoms with E-state index in [1.165, 1.54) is 45.2 Å². The van der Waals surface area contributed by atoms with Gasteiger partial charge in [0.1, 0.15) is 0 Å². The van der Waals surface area contributed by atoms with Crippen LogP contribution in [0.15, 0.2) is 0 Å². The van der Waals surface area contributed by atoms with E-state index in [2.05, 4.69) is 4.90 Å². The van der Waals surface area contributed by atoms with Crippen LogP contribution in [0.5, 0.6) is 0 Å². The Labute approximate surface area is 104 Å². The van der Waals surface area contributed by atoms with Crippen LogP contribution in [0, 0.1) is 11.8 Å². The number of hydrogen-bond donors (Lipinski definition) is 2. The second-order valence-electron chi connectivity index (χ2n) is 6.68. The van der Waals surface area contributed by atoms with Crippen LogP contribution in [0.3, 0.4) is 0 Å². The molecule has 0 aromatic heterocycles. The molecule has 0 aromatic rings. The fourth-order valence-electron chi connectivity index (χ4n) is 4.39. The van der Waals surface area contributed by atoms with Gasteiger partial charge in [0.15, 0.2) is 0 Å². The Morgan fingerprint density at radius 3 is 2.47 bits per heavy atom. The predicted octanol–water partition coefficient (Wildman–Crippen LogP) is 1.35. The number of fused-ring (bicyclic) bond motifs is 1. The third-order valence-corrected chi connectivity index (χ3v) is 5.44. The minimum Gasteiger partial charge on any atom is -0.394 e. The fraction of sp³-hybridized carbons (Fsp3) is 1.00. The zero-order chi connectivity index (χ0) is 11.9. The third-order valence-electron chi connectivity index (χ3n) is 5.44. The van der Waals surface area contributed by atoms with E-state index < -0.39 is 0 Å². The van der Waals surface area contributed by atoms with Gasteiger partial charge < -0.3 is 10.8 Å². The summed E-state index contributed by atoms with van der Waals surface area (Å²) in [7, 11) is 0. The molecule has 3 heteroatoms. The van der Waals surface area contributed by atoms with Crippen molar-refractivity contribution in [3.05, 3.63) is 0 Å². The summed E-state index contributed by atoms with van der Waals surface area (Å²) in [5.74, 6) is 1.94. The molecule has 3 fully saturated rings. The quantitative estimate of drug-likeness (QED) is 0.763. The topological polar surface area (TPSA) is 49.5 Å². The van der Waals surface area contributed by atoms with E-state index in [1.54, 1.807) is 0 Å². The van der Waals surface area contributed by atoms with E-state index >= 15 is 0 Å². The van der Waals surface area contributed by atoms with Gasteiger partial charge in [-0.25, -0.2) is 0 Å². The van der Waals surface area contributed by atoms with Gasteiger partial charge in [0.05, 0.1) is 6.61 Å². The summed E-state index contributed by atoms with van der Waals surface area (Å²) in [4.78, 5) is 2.69. The second-order valence-corrected chi connectivity index (χ2v) is 6.68. The molecule has 17 heavy (non-hydrogen) atoms. The molecule has 4 unspecified atom stereocenters. The normalized spacial score (nSPS) is 47.3. The lowest BCUT2D eigenvalue weighted by Crippen LogP contribution is -2.52. The summed E-state index contributed by atoms with van der Waals surface area (Å²) in [5, 5.41) is 9.43. The van der Waals surface area contributed by atoms with Crippen molar-refractivity contribution in [1.82, 2.24) is 4.90 Å². The molecule has 1 saturated heterocycles. The molecule has 3 N–H and O–H groups in total. The largest absolute Gasteiger partial charge is 0.394 e. The first-order chi connectivity index (χ1) is 8.20. The number of likely N-dealkylation sites (tertiary alicyclic amines) is 1. The number of aliphatic hydroxyl groups is 1. The van der Waals surface area contributed by atoms with Gasteiger partial charge in [-0.1, -0.05) is 6.42 Å². The number of hydrogen-bond acceptors (Lipinski definition) is 3. The van der Waals surface area contributed by atoms with Crippen LogP contribution in [0.25, 0.3) is 0 Å². The molecule has 3 aliphatic rings. The smallest absolute Gasteiger partial charge is 0.0611 e. The van der Waals surface area contributed by atoms with Crippen molar-refractivity contribution in [2.45, 2.75) is 56.5 Å².